The summed E-state index contributed by atoms with van der Waals surface area (Å²) in [5.74, 6) is -0.748. The molecule has 174 valence electrons. The summed E-state index contributed by atoms with van der Waals surface area (Å²) in [4.78, 5) is 27.3. The highest BCUT2D eigenvalue weighted by Gasteiger charge is 2.30. The largest absolute Gasteiger partial charge is 0.355 e. The van der Waals surface area contributed by atoms with Gasteiger partial charge in [-0.2, -0.15) is 0 Å². The van der Waals surface area contributed by atoms with E-state index < -0.39 is 28.5 Å². The van der Waals surface area contributed by atoms with Crippen molar-refractivity contribution >= 4 is 39.1 Å². The van der Waals surface area contributed by atoms with Gasteiger partial charge in [0.1, 0.15) is 12.6 Å². The summed E-state index contributed by atoms with van der Waals surface area (Å²) in [5, 5.41) is 3.20. The normalized spacial score (nSPS) is 12.2. The van der Waals surface area contributed by atoms with Gasteiger partial charge in [-0.25, -0.2) is 8.42 Å². The molecule has 2 aromatic carbocycles. The Morgan fingerprint density at radius 3 is 2.34 bits per heavy atom. The third-order valence-corrected chi connectivity index (χ3v) is 6.47. The summed E-state index contributed by atoms with van der Waals surface area (Å²) in [7, 11) is -3.76. The summed E-state index contributed by atoms with van der Waals surface area (Å²) in [6, 6.07) is 13.7. The van der Waals surface area contributed by atoms with Gasteiger partial charge in [-0.1, -0.05) is 41.9 Å². The summed E-state index contributed by atoms with van der Waals surface area (Å²) >= 11 is 6.01. The number of carbonyl (C=O) groups is 2. The molecule has 1 N–H and O–H groups in total. The van der Waals surface area contributed by atoms with Crippen LogP contribution in [0.5, 0.6) is 0 Å². The van der Waals surface area contributed by atoms with Gasteiger partial charge in [0.2, 0.25) is 21.8 Å². The van der Waals surface area contributed by atoms with E-state index in [9.17, 15) is 18.0 Å². The van der Waals surface area contributed by atoms with Crippen molar-refractivity contribution in [3.8, 4) is 0 Å². The Kier molecular flexibility index (Phi) is 9.09. The zero-order valence-electron chi connectivity index (χ0n) is 18.8. The number of nitrogens with one attached hydrogen (secondary N) is 1. The molecule has 0 unspecified atom stereocenters. The average molecular weight is 480 g/mol. The highest BCUT2D eigenvalue weighted by molar-refractivity contribution is 7.92. The Hall–Kier alpha value is -2.58. The molecule has 0 aliphatic heterocycles. The van der Waals surface area contributed by atoms with Crippen LogP contribution in [0.25, 0.3) is 0 Å². The van der Waals surface area contributed by atoms with Gasteiger partial charge >= 0.3 is 0 Å². The SMILES string of the molecule is CCNC(=O)[C@@H](C)N(CCc1ccccc1)C(=O)CN(c1ccc(Cl)cc1C)S(C)(=O)=O. The number of hydrogen-bond acceptors (Lipinski definition) is 4. The molecule has 2 rings (SSSR count). The second-order valence-electron chi connectivity index (χ2n) is 7.59. The van der Waals surface area contributed by atoms with Gasteiger partial charge in [0.25, 0.3) is 0 Å². The number of sulfonamides is 1. The van der Waals surface area contributed by atoms with E-state index in [2.05, 4.69) is 5.32 Å². The van der Waals surface area contributed by atoms with Crippen molar-refractivity contribution in [1.29, 1.82) is 0 Å². The van der Waals surface area contributed by atoms with Crippen molar-refractivity contribution in [2.24, 2.45) is 0 Å². The van der Waals surface area contributed by atoms with Crippen LogP contribution < -0.4 is 9.62 Å². The fourth-order valence-corrected chi connectivity index (χ4v) is 4.52. The number of rotatable bonds is 10. The van der Waals surface area contributed by atoms with Crippen molar-refractivity contribution < 1.29 is 18.0 Å². The van der Waals surface area contributed by atoms with Gasteiger partial charge < -0.3 is 10.2 Å². The molecule has 0 fully saturated rings. The molecule has 7 nitrogen and oxygen atoms in total. The molecule has 0 spiro atoms. The smallest absolute Gasteiger partial charge is 0.244 e. The highest BCUT2D eigenvalue weighted by Crippen LogP contribution is 2.26. The summed E-state index contributed by atoms with van der Waals surface area (Å²) in [5.41, 5.74) is 2.02. The third-order valence-electron chi connectivity index (χ3n) is 5.11. The van der Waals surface area contributed by atoms with Gasteiger partial charge in [-0.15, -0.1) is 0 Å². The Balaban J connectivity index is 2.33. The third kappa shape index (κ3) is 6.97. The lowest BCUT2D eigenvalue weighted by Crippen LogP contribution is -2.52. The zero-order chi connectivity index (χ0) is 23.9. The number of anilines is 1. The highest BCUT2D eigenvalue weighted by atomic mass is 35.5. The van der Waals surface area contributed by atoms with Gasteiger partial charge in [-0.05, 0) is 56.5 Å². The predicted octanol–water partition coefficient (Wildman–Crippen LogP) is 3.01. The molecule has 0 saturated carbocycles. The number of nitrogens with zero attached hydrogens (tertiary/aromatic N) is 2. The predicted molar refractivity (Wildman–Crippen MR) is 128 cm³/mol. The van der Waals surface area contributed by atoms with Crippen LogP contribution in [0, 0.1) is 6.92 Å². The molecule has 9 heteroatoms. The van der Waals surface area contributed by atoms with Crippen molar-refractivity contribution in [2.45, 2.75) is 33.2 Å². The minimum absolute atomic E-state index is 0.276. The Bertz CT molecular complexity index is 1040. The summed E-state index contributed by atoms with van der Waals surface area (Å²) in [6.45, 7) is 5.47. The second-order valence-corrected chi connectivity index (χ2v) is 9.94. The van der Waals surface area contributed by atoms with Crippen LogP contribution in [-0.4, -0.2) is 57.1 Å². The van der Waals surface area contributed by atoms with Gasteiger partial charge in [0.05, 0.1) is 11.9 Å². The monoisotopic (exact) mass is 479 g/mol. The molecule has 0 heterocycles. The van der Waals surface area contributed by atoms with E-state index in [-0.39, 0.29) is 12.5 Å². The van der Waals surface area contributed by atoms with E-state index >= 15 is 0 Å². The number of benzene rings is 2. The van der Waals surface area contributed by atoms with Crippen LogP contribution in [0.4, 0.5) is 5.69 Å². The summed E-state index contributed by atoms with van der Waals surface area (Å²) < 4.78 is 26.2. The fraction of sp³-hybridized carbons (Fsp3) is 0.391. The van der Waals surface area contributed by atoms with E-state index in [0.717, 1.165) is 16.1 Å². The molecular weight excluding hydrogens is 450 g/mol. The number of amides is 2. The molecule has 0 bridgehead atoms. The molecule has 1 atom stereocenters. The van der Waals surface area contributed by atoms with Gasteiger partial charge in [-0.3, -0.25) is 13.9 Å². The number of aryl methyl sites for hydroxylation is 1. The van der Waals surface area contributed by atoms with E-state index in [1.165, 1.54) is 4.90 Å². The molecule has 0 saturated heterocycles. The summed E-state index contributed by atoms with van der Waals surface area (Å²) in [6.07, 6.45) is 1.59. The Morgan fingerprint density at radius 1 is 1.12 bits per heavy atom. The molecule has 0 aromatic heterocycles. The van der Waals surface area contributed by atoms with E-state index in [1.54, 1.807) is 39.0 Å². The minimum atomic E-state index is -3.76. The van der Waals surface area contributed by atoms with Crippen molar-refractivity contribution in [3.63, 3.8) is 0 Å². The van der Waals surface area contributed by atoms with Crippen molar-refractivity contribution in [2.75, 3.05) is 30.2 Å². The van der Waals surface area contributed by atoms with Gasteiger partial charge in [0.15, 0.2) is 0 Å². The molecule has 0 aliphatic rings. The standard InChI is InChI=1S/C23H30ClN3O4S/c1-5-25-23(29)18(3)26(14-13-19-9-7-6-8-10-19)22(28)16-27(32(4,30)31)21-12-11-20(24)15-17(21)2/h6-12,15,18H,5,13-14,16H2,1-4H3,(H,25,29)/t18-/m1/s1. The molecule has 32 heavy (non-hydrogen) atoms. The Labute approximate surface area is 195 Å². The topological polar surface area (TPSA) is 86.8 Å². The minimum Gasteiger partial charge on any atom is -0.355 e. The number of carbonyl (C=O) groups excluding carboxylic acids is 2. The lowest BCUT2D eigenvalue weighted by atomic mass is 10.1. The maximum atomic E-state index is 13.3. The molecule has 2 amide bonds. The van der Waals surface area contributed by atoms with E-state index in [4.69, 9.17) is 11.6 Å². The second kappa shape index (κ2) is 11.3. The van der Waals surface area contributed by atoms with E-state index in [1.807, 2.05) is 30.3 Å². The van der Waals surface area contributed by atoms with Crippen molar-refractivity contribution in [3.05, 3.63) is 64.7 Å². The van der Waals surface area contributed by atoms with Crippen LogP contribution in [0.2, 0.25) is 5.02 Å². The maximum absolute atomic E-state index is 13.3. The van der Waals surface area contributed by atoms with Crippen LogP contribution in [0.15, 0.2) is 48.5 Å². The van der Waals surface area contributed by atoms with Crippen LogP contribution in [0.3, 0.4) is 0 Å². The molecule has 0 aliphatic carbocycles. The first-order chi connectivity index (χ1) is 15.0. The van der Waals surface area contributed by atoms with Crippen molar-refractivity contribution in [1.82, 2.24) is 10.2 Å². The molecule has 2 aromatic rings. The van der Waals surface area contributed by atoms with Crippen LogP contribution in [0.1, 0.15) is 25.0 Å². The lowest BCUT2D eigenvalue weighted by molar-refractivity contribution is -0.138. The lowest BCUT2D eigenvalue weighted by Gasteiger charge is -2.31. The van der Waals surface area contributed by atoms with E-state index in [0.29, 0.717) is 29.2 Å². The van der Waals surface area contributed by atoms with Crippen LogP contribution >= 0.6 is 11.6 Å². The number of likely N-dealkylation sites (N-methyl/N-ethyl adjacent to an activating group) is 1. The maximum Gasteiger partial charge on any atom is 0.244 e. The molecular formula is C23H30ClN3O4S. The molecule has 0 radical (unpaired) electrons. The number of halogens is 1. The average Bonchev–Trinajstić information content (AvgIpc) is 2.72. The first-order valence-electron chi connectivity index (χ1n) is 10.4. The first-order valence-corrected chi connectivity index (χ1v) is 12.6. The van der Waals surface area contributed by atoms with Gasteiger partial charge in [0, 0.05) is 18.1 Å². The Morgan fingerprint density at radius 2 is 1.78 bits per heavy atom. The number of hydrogen-bond donors (Lipinski definition) is 1. The first kappa shape index (κ1) is 25.7. The fourth-order valence-electron chi connectivity index (χ4n) is 3.39. The quantitative estimate of drug-likeness (QED) is 0.567. The zero-order valence-corrected chi connectivity index (χ0v) is 20.4. The van der Waals surface area contributed by atoms with Crippen LogP contribution in [-0.2, 0) is 26.0 Å².